The van der Waals surface area contributed by atoms with Crippen LogP contribution in [0.1, 0.15) is 28.4 Å². The molecule has 26 heavy (non-hydrogen) atoms. The standard InChI is InChI=1S/C19H21NO6/c1-23-15-5-4-13(10-17(15)24-2)19(22)20-8-7-14(21)12-3-6-16-18(9-12)26-11-25-16/h3-6,9-10,14,21H,7-8,11H2,1-2H3,(H,20,22). The van der Waals surface area contributed by atoms with E-state index in [0.29, 0.717) is 41.5 Å². The topological polar surface area (TPSA) is 86.3 Å². The van der Waals surface area contributed by atoms with E-state index in [9.17, 15) is 9.90 Å². The minimum atomic E-state index is -0.713. The van der Waals surface area contributed by atoms with Crippen LogP contribution in [0.5, 0.6) is 23.0 Å². The Labute approximate surface area is 151 Å². The van der Waals surface area contributed by atoms with Crippen molar-refractivity contribution in [3.05, 3.63) is 47.5 Å². The first-order valence-electron chi connectivity index (χ1n) is 8.20. The first-order valence-corrected chi connectivity index (χ1v) is 8.20. The smallest absolute Gasteiger partial charge is 0.251 e. The van der Waals surface area contributed by atoms with Gasteiger partial charge in [0.25, 0.3) is 5.91 Å². The highest BCUT2D eigenvalue weighted by atomic mass is 16.7. The summed E-state index contributed by atoms with van der Waals surface area (Å²) in [6, 6.07) is 10.3. The third kappa shape index (κ3) is 3.83. The van der Waals surface area contributed by atoms with Crippen LogP contribution in [0, 0.1) is 0 Å². The van der Waals surface area contributed by atoms with Crippen molar-refractivity contribution >= 4 is 5.91 Å². The second-order valence-electron chi connectivity index (χ2n) is 5.74. The number of hydrogen-bond donors (Lipinski definition) is 2. The molecule has 1 heterocycles. The molecule has 0 bridgehead atoms. The van der Waals surface area contributed by atoms with Gasteiger partial charge in [0, 0.05) is 12.1 Å². The number of ether oxygens (including phenoxy) is 4. The molecule has 2 aromatic carbocycles. The van der Waals surface area contributed by atoms with Crippen LogP contribution in [-0.2, 0) is 0 Å². The molecule has 1 aliphatic heterocycles. The van der Waals surface area contributed by atoms with Gasteiger partial charge in [0.2, 0.25) is 6.79 Å². The second-order valence-corrected chi connectivity index (χ2v) is 5.74. The van der Waals surface area contributed by atoms with Gasteiger partial charge >= 0.3 is 0 Å². The molecule has 0 fully saturated rings. The summed E-state index contributed by atoms with van der Waals surface area (Å²) in [5.74, 6) is 2.09. The average Bonchev–Trinajstić information content (AvgIpc) is 3.14. The number of carbonyl (C=O) groups excluding carboxylic acids is 1. The fourth-order valence-corrected chi connectivity index (χ4v) is 2.69. The predicted molar refractivity (Wildman–Crippen MR) is 94.0 cm³/mol. The molecule has 0 saturated heterocycles. The Morgan fingerprint density at radius 2 is 1.88 bits per heavy atom. The number of hydrogen-bond acceptors (Lipinski definition) is 6. The summed E-state index contributed by atoms with van der Waals surface area (Å²) in [5.41, 5.74) is 1.18. The lowest BCUT2D eigenvalue weighted by Gasteiger charge is -2.13. The van der Waals surface area contributed by atoms with Gasteiger partial charge in [-0.2, -0.15) is 0 Å². The van der Waals surface area contributed by atoms with Gasteiger partial charge in [0.15, 0.2) is 23.0 Å². The quantitative estimate of drug-likeness (QED) is 0.789. The summed E-state index contributed by atoms with van der Waals surface area (Å²) in [6.45, 7) is 0.513. The van der Waals surface area contributed by atoms with E-state index in [2.05, 4.69) is 5.32 Å². The maximum atomic E-state index is 12.3. The highest BCUT2D eigenvalue weighted by molar-refractivity contribution is 5.94. The van der Waals surface area contributed by atoms with Crippen LogP contribution in [0.3, 0.4) is 0 Å². The molecule has 2 aromatic rings. The third-order valence-electron chi connectivity index (χ3n) is 4.13. The van der Waals surface area contributed by atoms with Crippen LogP contribution in [0.15, 0.2) is 36.4 Å². The van der Waals surface area contributed by atoms with Crippen molar-refractivity contribution in [1.29, 1.82) is 0 Å². The van der Waals surface area contributed by atoms with Crippen molar-refractivity contribution in [3.8, 4) is 23.0 Å². The summed E-state index contributed by atoms with van der Waals surface area (Å²) >= 11 is 0. The van der Waals surface area contributed by atoms with E-state index in [1.165, 1.54) is 14.2 Å². The van der Waals surface area contributed by atoms with Gasteiger partial charge in [0.1, 0.15) is 0 Å². The van der Waals surface area contributed by atoms with Gasteiger partial charge < -0.3 is 29.4 Å². The molecule has 0 aromatic heterocycles. The van der Waals surface area contributed by atoms with Gasteiger partial charge in [-0.15, -0.1) is 0 Å². The van der Waals surface area contributed by atoms with E-state index >= 15 is 0 Å². The monoisotopic (exact) mass is 359 g/mol. The first kappa shape index (κ1) is 17.9. The number of aliphatic hydroxyl groups excluding tert-OH is 1. The van der Waals surface area contributed by atoms with Crippen molar-refractivity contribution in [2.75, 3.05) is 27.6 Å². The van der Waals surface area contributed by atoms with Gasteiger partial charge in [-0.05, 0) is 42.3 Å². The number of aliphatic hydroxyl groups is 1. The molecular formula is C19H21NO6. The highest BCUT2D eigenvalue weighted by Crippen LogP contribution is 2.34. The molecule has 0 aliphatic carbocycles. The molecular weight excluding hydrogens is 338 g/mol. The molecule has 3 rings (SSSR count). The zero-order valence-corrected chi connectivity index (χ0v) is 14.7. The Kier molecular flexibility index (Phi) is 5.48. The van der Waals surface area contributed by atoms with E-state index in [-0.39, 0.29) is 12.7 Å². The molecule has 0 radical (unpaired) electrons. The van der Waals surface area contributed by atoms with Gasteiger partial charge in [-0.3, -0.25) is 4.79 Å². The van der Waals surface area contributed by atoms with E-state index in [1.54, 1.807) is 36.4 Å². The van der Waals surface area contributed by atoms with Gasteiger partial charge in [-0.25, -0.2) is 0 Å². The minimum Gasteiger partial charge on any atom is -0.493 e. The van der Waals surface area contributed by atoms with E-state index in [4.69, 9.17) is 18.9 Å². The lowest BCUT2D eigenvalue weighted by atomic mass is 10.1. The largest absolute Gasteiger partial charge is 0.493 e. The number of fused-ring (bicyclic) bond motifs is 1. The predicted octanol–water partition coefficient (Wildman–Crippen LogP) is 2.29. The molecule has 7 heteroatoms. The van der Waals surface area contributed by atoms with E-state index < -0.39 is 6.10 Å². The summed E-state index contributed by atoms with van der Waals surface area (Å²) in [6.07, 6.45) is -0.339. The van der Waals surface area contributed by atoms with Gasteiger partial charge in [0.05, 0.1) is 20.3 Å². The minimum absolute atomic E-state index is 0.191. The molecule has 2 N–H and O–H groups in total. The first-order chi connectivity index (χ1) is 12.6. The van der Waals surface area contributed by atoms with Crippen molar-refractivity contribution in [2.45, 2.75) is 12.5 Å². The second kappa shape index (κ2) is 7.97. The molecule has 1 amide bonds. The molecule has 0 spiro atoms. The lowest BCUT2D eigenvalue weighted by molar-refractivity contribution is 0.0942. The maximum absolute atomic E-state index is 12.3. The maximum Gasteiger partial charge on any atom is 0.251 e. The molecule has 0 saturated carbocycles. The van der Waals surface area contributed by atoms with Crippen LogP contribution >= 0.6 is 0 Å². The Morgan fingerprint density at radius 3 is 2.65 bits per heavy atom. The van der Waals surface area contributed by atoms with Crippen molar-refractivity contribution in [3.63, 3.8) is 0 Å². The zero-order valence-electron chi connectivity index (χ0n) is 14.7. The highest BCUT2D eigenvalue weighted by Gasteiger charge is 2.17. The zero-order chi connectivity index (χ0) is 18.5. The number of benzene rings is 2. The fourth-order valence-electron chi connectivity index (χ4n) is 2.69. The average molecular weight is 359 g/mol. The Bertz CT molecular complexity index is 792. The summed E-state index contributed by atoms with van der Waals surface area (Å²) in [7, 11) is 3.05. The SMILES string of the molecule is COc1ccc(C(=O)NCCC(O)c2ccc3c(c2)OCO3)cc1OC. The summed E-state index contributed by atoms with van der Waals surface area (Å²) in [5, 5.41) is 13.1. The molecule has 1 atom stereocenters. The molecule has 7 nitrogen and oxygen atoms in total. The van der Waals surface area contributed by atoms with Crippen LogP contribution in [-0.4, -0.2) is 38.6 Å². The van der Waals surface area contributed by atoms with Crippen LogP contribution in [0.2, 0.25) is 0 Å². The fraction of sp³-hybridized carbons (Fsp3) is 0.316. The van der Waals surface area contributed by atoms with Crippen molar-refractivity contribution in [2.24, 2.45) is 0 Å². The van der Waals surface area contributed by atoms with E-state index in [0.717, 1.165) is 5.56 Å². The summed E-state index contributed by atoms with van der Waals surface area (Å²) < 4.78 is 20.9. The van der Waals surface area contributed by atoms with E-state index in [1.807, 2.05) is 0 Å². The van der Waals surface area contributed by atoms with Crippen LogP contribution < -0.4 is 24.3 Å². The molecule has 1 aliphatic rings. The number of amides is 1. The number of rotatable bonds is 7. The third-order valence-corrected chi connectivity index (χ3v) is 4.13. The van der Waals surface area contributed by atoms with Crippen molar-refractivity contribution < 1.29 is 28.8 Å². The lowest BCUT2D eigenvalue weighted by Crippen LogP contribution is -2.25. The normalized spacial score (nSPS) is 13.2. The van der Waals surface area contributed by atoms with Gasteiger partial charge in [-0.1, -0.05) is 6.07 Å². The Hall–Kier alpha value is -2.93. The Balaban J connectivity index is 1.55. The number of carbonyl (C=O) groups is 1. The molecule has 138 valence electrons. The molecule has 1 unspecified atom stereocenters. The van der Waals surface area contributed by atoms with Crippen LogP contribution in [0.4, 0.5) is 0 Å². The Morgan fingerprint density at radius 1 is 1.12 bits per heavy atom. The van der Waals surface area contributed by atoms with Crippen molar-refractivity contribution in [1.82, 2.24) is 5.32 Å². The number of methoxy groups -OCH3 is 2. The number of nitrogens with one attached hydrogen (secondary N) is 1. The summed E-state index contributed by atoms with van der Waals surface area (Å²) in [4.78, 5) is 12.3. The van der Waals surface area contributed by atoms with Crippen LogP contribution in [0.25, 0.3) is 0 Å².